The molecule has 0 amide bonds. The molecule has 2 heterocycles. The van der Waals surface area contributed by atoms with Crippen molar-refractivity contribution < 1.29 is 9.47 Å². The van der Waals surface area contributed by atoms with Crippen molar-refractivity contribution in [1.29, 1.82) is 0 Å². The monoisotopic (exact) mass is 269 g/mol. The van der Waals surface area contributed by atoms with Crippen molar-refractivity contribution in [3.05, 3.63) is 0 Å². The highest BCUT2D eigenvalue weighted by Gasteiger charge is 2.24. The molecule has 0 aromatic carbocycles. The highest BCUT2D eigenvalue weighted by atomic mass is 16.5. The van der Waals surface area contributed by atoms with E-state index < -0.39 is 0 Å². The lowest BCUT2D eigenvalue weighted by Gasteiger charge is -2.31. The second-order valence-corrected chi connectivity index (χ2v) is 6.10. The number of nitrogens with one attached hydrogen (secondary N) is 1. The molecule has 112 valence electrons. The van der Waals surface area contributed by atoms with E-state index in [1.54, 1.807) is 0 Å². The Morgan fingerprint density at radius 3 is 2.79 bits per heavy atom. The summed E-state index contributed by atoms with van der Waals surface area (Å²) in [6.45, 7) is 6.29. The van der Waals surface area contributed by atoms with Crippen LogP contribution < -0.4 is 5.32 Å². The summed E-state index contributed by atoms with van der Waals surface area (Å²) in [6, 6.07) is 0.654. The van der Waals surface area contributed by atoms with Gasteiger partial charge >= 0.3 is 0 Å². The highest BCUT2D eigenvalue weighted by molar-refractivity contribution is 4.79. The van der Waals surface area contributed by atoms with Gasteiger partial charge in [0.15, 0.2) is 0 Å². The van der Waals surface area contributed by atoms with Crippen LogP contribution in [0.25, 0.3) is 0 Å². The Morgan fingerprint density at radius 1 is 1.21 bits per heavy atom. The Hall–Kier alpha value is -0.120. The van der Waals surface area contributed by atoms with Gasteiger partial charge in [-0.1, -0.05) is 6.92 Å². The quantitative estimate of drug-likeness (QED) is 0.734. The molecular formula is C16H31NO2. The van der Waals surface area contributed by atoms with Crippen LogP contribution >= 0.6 is 0 Å². The minimum atomic E-state index is 0.550. The zero-order chi connectivity index (χ0) is 13.3. The van der Waals surface area contributed by atoms with Crippen molar-refractivity contribution in [3.8, 4) is 0 Å². The van der Waals surface area contributed by atoms with Crippen molar-refractivity contribution in [2.75, 3.05) is 26.4 Å². The summed E-state index contributed by atoms with van der Waals surface area (Å²) in [5.41, 5.74) is 0. The summed E-state index contributed by atoms with van der Waals surface area (Å²) in [5.74, 6) is 0.727. The molecule has 3 heteroatoms. The van der Waals surface area contributed by atoms with E-state index in [1.165, 1.54) is 51.4 Å². The van der Waals surface area contributed by atoms with E-state index in [2.05, 4.69) is 12.2 Å². The van der Waals surface area contributed by atoms with Crippen LogP contribution in [0.4, 0.5) is 0 Å². The molecule has 0 aliphatic carbocycles. The van der Waals surface area contributed by atoms with Crippen molar-refractivity contribution in [3.63, 3.8) is 0 Å². The largest absolute Gasteiger partial charge is 0.381 e. The lowest BCUT2D eigenvalue weighted by atomic mass is 9.89. The minimum absolute atomic E-state index is 0.550. The first-order chi connectivity index (χ1) is 9.40. The Balaban J connectivity index is 1.69. The number of hydrogen-bond acceptors (Lipinski definition) is 3. The van der Waals surface area contributed by atoms with Gasteiger partial charge in [0.2, 0.25) is 0 Å². The highest BCUT2D eigenvalue weighted by Crippen LogP contribution is 2.23. The average molecular weight is 269 g/mol. The van der Waals surface area contributed by atoms with Crippen molar-refractivity contribution >= 4 is 0 Å². The van der Waals surface area contributed by atoms with Crippen LogP contribution in [-0.4, -0.2) is 38.5 Å². The molecule has 2 saturated heterocycles. The van der Waals surface area contributed by atoms with Gasteiger partial charge in [-0.2, -0.15) is 0 Å². The third-order valence-corrected chi connectivity index (χ3v) is 4.49. The van der Waals surface area contributed by atoms with Crippen LogP contribution in [0.1, 0.15) is 58.3 Å². The first-order valence-corrected chi connectivity index (χ1v) is 8.33. The van der Waals surface area contributed by atoms with Crippen molar-refractivity contribution in [2.24, 2.45) is 5.92 Å². The topological polar surface area (TPSA) is 30.5 Å². The molecule has 2 aliphatic rings. The second-order valence-electron chi connectivity index (χ2n) is 6.10. The van der Waals surface area contributed by atoms with E-state index >= 15 is 0 Å². The molecule has 3 nitrogen and oxygen atoms in total. The lowest BCUT2D eigenvalue weighted by Crippen LogP contribution is -2.40. The van der Waals surface area contributed by atoms with Gasteiger partial charge in [-0.05, 0) is 63.8 Å². The molecule has 19 heavy (non-hydrogen) atoms. The third-order valence-electron chi connectivity index (χ3n) is 4.49. The van der Waals surface area contributed by atoms with E-state index in [1.807, 2.05) is 0 Å². The summed E-state index contributed by atoms with van der Waals surface area (Å²) in [5, 5.41) is 3.74. The van der Waals surface area contributed by atoms with Gasteiger partial charge < -0.3 is 14.8 Å². The van der Waals surface area contributed by atoms with Gasteiger partial charge in [-0.3, -0.25) is 0 Å². The molecule has 0 bridgehead atoms. The molecule has 2 aliphatic heterocycles. The van der Waals surface area contributed by atoms with Crippen LogP contribution in [0.3, 0.4) is 0 Å². The van der Waals surface area contributed by atoms with E-state index in [9.17, 15) is 0 Å². The normalized spacial score (nSPS) is 29.5. The molecule has 3 unspecified atom stereocenters. The van der Waals surface area contributed by atoms with Crippen molar-refractivity contribution in [1.82, 2.24) is 5.32 Å². The van der Waals surface area contributed by atoms with Crippen LogP contribution in [0, 0.1) is 5.92 Å². The first-order valence-electron chi connectivity index (χ1n) is 8.33. The zero-order valence-electron chi connectivity index (χ0n) is 12.5. The van der Waals surface area contributed by atoms with Gasteiger partial charge in [0.25, 0.3) is 0 Å². The van der Waals surface area contributed by atoms with E-state index in [0.29, 0.717) is 12.1 Å². The van der Waals surface area contributed by atoms with Crippen LogP contribution in [0.15, 0.2) is 0 Å². The third kappa shape index (κ3) is 5.41. The Labute approximate surface area is 118 Å². The van der Waals surface area contributed by atoms with E-state index in [0.717, 1.165) is 32.3 Å². The van der Waals surface area contributed by atoms with Crippen LogP contribution in [-0.2, 0) is 9.47 Å². The van der Waals surface area contributed by atoms with Crippen LogP contribution in [0.5, 0.6) is 0 Å². The van der Waals surface area contributed by atoms with Gasteiger partial charge in [0.05, 0.1) is 12.7 Å². The standard InChI is InChI=1S/C16H31NO2/c1-2-10-17-16(14-6-4-11-18-13-14)9-3-7-15-8-5-12-19-15/h14-17H,2-13H2,1H3. The molecule has 0 spiro atoms. The summed E-state index contributed by atoms with van der Waals surface area (Å²) < 4.78 is 11.4. The molecule has 0 saturated carbocycles. The van der Waals surface area contributed by atoms with Crippen LogP contribution in [0.2, 0.25) is 0 Å². The van der Waals surface area contributed by atoms with Crippen molar-refractivity contribution in [2.45, 2.75) is 70.4 Å². The SMILES string of the molecule is CCCNC(CCCC1CCCO1)C1CCCOC1. The molecule has 3 atom stereocenters. The zero-order valence-corrected chi connectivity index (χ0v) is 12.5. The van der Waals surface area contributed by atoms with Gasteiger partial charge in [-0.25, -0.2) is 0 Å². The molecule has 0 aromatic rings. The Bertz CT molecular complexity index is 223. The fraction of sp³-hybridized carbons (Fsp3) is 1.00. The maximum absolute atomic E-state index is 5.72. The first kappa shape index (κ1) is 15.3. The Kier molecular flexibility index (Phi) is 7.18. The van der Waals surface area contributed by atoms with Gasteiger partial charge in [0.1, 0.15) is 0 Å². The summed E-state index contributed by atoms with van der Waals surface area (Å²) >= 11 is 0. The number of ether oxygens (including phenoxy) is 2. The fourth-order valence-electron chi connectivity index (χ4n) is 3.35. The maximum atomic E-state index is 5.72. The van der Waals surface area contributed by atoms with E-state index in [-0.39, 0.29) is 0 Å². The molecule has 0 radical (unpaired) electrons. The molecule has 0 aromatic heterocycles. The summed E-state index contributed by atoms with van der Waals surface area (Å²) in [6.07, 6.45) is 10.7. The average Bonchev–Trinajstić information content (AvgIpc) is 2.97. The Morgan fingerprint density at radius 2 is 2.11 bits per heavy atom. The molecule has 2 fully saturated rings. The number of rotatable bonds is 8. The second kappa shape index (κ2) is 8.93. The lowest BCUT2D eigenvalue weighted by molar-refractivity contribution is 0.0364. The number of hydrogen-bond donors (Lipinski definition) is 1. The molecule has 1 N–H and O–H groups in total. The predicted octanol–water partition coefficient (Wildman–Crippen LogP) is 3.13. The van der Waals surface area contributed by atoms with Gasteiger partial charge in [0, 0.05) is 19.3 Å². The predicted molar refractivity (Wildman–Crippen MR) is 78.4 cm³/mol. The summed E-state index contributed by atoms with van der Waals surface area (Å²) in [4.78, 5) is 0. The molecular weight excluding hydrogens is 238 g/mol. The smallest absolute Gasteiger partial charge is 0.0576 e. The van der Waals surface area contributed by atoms with E-state index in [4.69, 9.17) is 9.47 Å². The summed E-state index contributed by atoms with van der Waals surface area (Å²) in [7, 11) is 0. The minimum Gasteiger partial charge on any atom is -0.381 e. The van der Waals surface area contributed by atoms with Gasteiger partial charge in [-0.15, -0.1) is 0 Å². The fourth-order valence-corrected chi connectivity index (χ4v) is 3.35. The molecule has 2 rings (SSSR count). The maximum Gasteiger partial charge on any atom is 0.0576 e.